The highest BCUT2D eigenvalue weighted by Crippen LogP contribution is 2.24. The number of nitrogens with zero attached hydrogens (tertiary/aromatic N) is 3. The SMILES string of the molecule is CCc1ccccc1Nc1cc(C(=O)N2CCOCC2)nc(-c2ccccc2)n1. The molecule has 0 aliphatic carbocycles. The minimum atomic E-state index is -0.0975. The number of nitrogens with one attached hydrogen (secondary N) is 1. The van der Waals surface area contributed by atoms with Crippen LogP contribution in [0.4, 0.5) is 11.5 Å². The second-order valence-electron chi connectivity index (χ2n) is 6.87. The van der Waals surface area contributed by atoms with Gasteiger partial charge >= 0.3 is 0 Å². The average Bonchev–Trinajstić information content (AvgIpc) is 2.80. The zero-order valence-electron chi connectivity index (χ0n) is 16.5. The molecule has 29 heavy (non-hydrogen) atoms. The number of morpholine rings is 1. The number of carbonyl (C=O) groups is 1. The Morgan fingerprint density at radius 1 is 1.03 bits per heavy atom. The van der Waals surface area contributed by atoms with Crippen molar-refractivity contribution in [2.45, 2.75) is 13.3 Å². The molecule has 1 saturated heterocycles. The van der Waals surface area contributed by atoms with Crippen LogP contribution >= 0.6 is 0 Å². The molecule has 4 rings (SSSR count). The molecule has 2 heterocycles. The predicted molar refractivity (Wildman–Crippen MR) is 113 cm³/mol. The summed E-state index contributed by atoms with van der Waals surface area (Å²) in [6.45, 7) is 4.37. The van der Waals surface area contributed by atoms with Crippen LogP contribution in [0.25, 0.3) is 11.4 Å². The molecule has 0 bridgehead atoms. The molecule has 1 amide bonds. The summed E-state index contributed by atoms with van der Waals surface area (Å²) in [7, 11) is 0. The van der Waals surface area contributed by atoms with Gasteiger partial charge in [0.15, 0.2) is 5.82 Å². The maximum Gasteiger partial charge on any atom is 0.272 e. The van der Waals surface area contributed by atoms with Crippen molar-refractivity contribution in [3.8, 4) is 11.4 Å². The first-order chi connectivity index (χ1) is 14.2. The van der Waals surface area contributed by atoms with Gasteiger partial charge in [0, 0.05) is 30.4 Å². The molecule has 3 aromatic rings. The lowest BCUT2D eigenvalue weighted by molar-refractivity contribution is 0.0299. The lowest BCUT2D eigenvalue weighted by Gasteiger charge is -2.26. The van der Waals surface area contributed by atoms with Gasteiger partial charge in [-0.05, 0) is 18.1 Å². The van der Waals surface area contributed by atoms with Crippen LogP contribution in [0.1, 0.15) is 23.0 Å². The molecule has 1 aromatic heterocycles. The van der Waals surface area contributed by atoms with Gasteiger partial charge in [-0.25, -0.2) is 9.97 Å². The molecule has 0 spiro atoms. The van der Waals surface area contributed by atoms with Crippen LogP contribution in [-0.4, -0.2) is 47.1 Å². The summed E-state index contributed by atoms with van der Waals surface area (Å²) in [5.74, 6) is 1.04. The number of benzene rings is 2. The summed E-state index contributed by atoms with van der Waals surface area (Å²) in [6.07, 6.45) is 0.902. The number of aromatic nitrogens is 2. The summed E-state index contributed by atoms with van der Waals surface area (Å²) in [6, 6.07) is 19.6. The van der Waals surface area contributed by atoms with Gasteiger partial charge in [0.1, 0.15) is 11.5 Å². The van der Waals surface area contributed by atoms with E-state index < -0.39 is 0 Å². The van der Waals surface area contributed by atoms with Crippen LogP contribution in [0.5, 0.6) is 0 Å². The molecule has 0 unspecified atom stereocenters. The van der Waals surface area contributed by atoms with E-state index >= 15 is 0 Å². The minimum Gasteiger partial charge on any atom is -0.378 e. The average molecular weight is 388 g/mol. The van der Waals surface area contributed by atoms with Gasteiger partial charge in [0.05, 0.1) is 13.2 Å². The van der Waals surface area contributed by atoms with Gasteiger partial charge in [-0.1, -0.05) is 55.5 Å². The topological polar surface area (TPSA) is 67.4 Å². The van der Waals surface area contributed by atoms with E-state index in [1.807, 2.05) is 48.5 Å². The summed E-state index contributed by atoms with van der Waals surface area (Å²) in [4.78, 5) is 24.1. The van der Waals surface area contributed by atoms with Crippen molar-refractivity contribution in [3.05, 3.63) is 71.9 Å². The second kappa shape index (κ2) is 8.84. The van der Waals surface area contributed by atoms with E-state index in [0.29, 0.717) is 43.6 Å². The first-order valence-corrected chi connectivity index (χ1v) is 9.91. The van der Waals surface area contributed by atoms with Gasteiger partial charge in [0.2, 0.25) is 0 Å². The fourth-order valence-corrected chi connectivity index (χ4v) is 3.35. The monoisotopic (exact) mass is 388 g/mol. The van der Waals surface area contributed by atoms with Crippen LogP contribution in [0.15, 0.2) is 60.7 Å². The third-order valence-corrected chi connectivity index (χ3v) is 4.94. The van der Waals surface area contributed by atoms with Gasteiger partial charge < -0.3 is 15.0 Å². The van der Waals surface area contributed by atoms with Gasteiger partial charge in [-0.2, -0.15) is 0 Å². The Hall–Kier alpha value is -3.25. The molecule has 148 valence electrons. The van der Waals surface area contributed by atoms with Crippen molar-refractivity contribution in [3.63, 3.8) is 0 Å². The first kappa shape index (κ1) is 19.1. The Bertz CT molecular complexity index is 985. The van der Waals surface area contributed by atoms with Crippen LogP contribution in [0.3, 0.4) is 0 Å². The van der Waals surface area contributed by atoms with Crippen molar-refractivity contribution >= 4 is 17.4 Å². The summed E-state index contributed by atoms with van der Waals surface area (Å²) in [5.41, 5.74) is 3.43. The van der Waals surface area contributed by atoms with Gasteiger partial charge in [-0.15, -0.1) is 0 Å². The van der Waals surface area contributed by atoms with E-state index in [4.69, 9.17) is 4.74 Å². The molecule has 0 radical (unpaired) electrons. The Balaban J connectivity index is 1.73. The molecule has 6 heteroatoms. The quantitative estimate of drug-likeness (QED) is 0.717. The van der Waals surface area contributed by atoms with Gasteiger partial charge in [0.25, 0.3) is 5.91 Å². The van der Waals surface area contributed by atoms with E-state index in [-0.39, 0.29) is 5.91 Å². The molecule has 6 nitrogen and oxygen atoms in total. The van der Waals surface area contributed by atoms with Crippen molar-refractivity contribution in [2.24, 2.45) is 0 Å². The van der Waals surface area contributed by atoms with Crippen LogP contribution in [0.2, 0.25) is 0 Å². The molecule has 0 saturated carbocycles. The summed E-state index contributed by atoms with van der Waals surface area (Å²) >= 11 is 0. The summed E-state index contributed by atoms with van der Waals surface area (Å²) in [5, 5.41) is 3.39. The number of para-hydroxylation sites is 1. The van der Waals surface area contributed by atoms with E-state index in [2.05, 4.69) is 28.3 Å². The predicted octanol–water partition coefficient (Wildman–Crippen LogP) is 3.92. The maximum atomic E-state index is 13.1. The number of carbonyl (C=O) groups excluding carboxylic acids is 1. The fourth-order valence-electron chi connectivity index (χ4n) is 3.35. The maximum absolute atomic E-state index is 13.1. The van der Waals surface area contributed by atoms with E-state index in [0.717, 1.165) is 17.7 Å². The fraction of sp³-hybridized carbons (Fsp3) is 0.261. The molecule has 1 aliphatic heterocycles. The standard InChI is InChI=1S/C23H24N4O2/c1-2-17-8-6-7-11-19(17)24-21-16-20(23(28)27-12-14-29-15-13-27)25-22(26-21)18-9-4-3-5-10-18/h3-11,16H,2,12-15H2,1H3,(H,24,25,26). The number of hydrogen-bond donors (Lipinski definition) is 1. The Morgan fingerprint density at radius 3 is 2.52 bits per heavy atom. The Morgan fingerprint density at radius 2 is 1.76 bits per heavy atom. The van der Waals surface area contributed by atoms with Gasteiger partial charge in [-0.3, -0.25) is 4.79 Å². The molecule has 1 fully saturated rings. The van der Waals surface area contributed by atoms with E-state index in [1.54, 1.807) is 11.0 Å². The Labute approximate surface area is 170 Å². The molecule has 2 aromatic carbocycles. The molecule has 1 N–H and O–H groups in total. The second-order valence-corrected chi connectivity index (χ2v) is 6.87. The van der Waals surface area contributed by atoms with Crippen molar-refractivity contribution in [1.82, 2.24) is 14.9 Å². The highest BCUT2D eigenvalue weighted by molar-refractivity contribution is 5.93. The zero-order chi connectivity index (χ0) is 20.1. The number of aryl methyl sites for hydroxylation is 1. The minimum absolute atomic E-state index is 0.0975. The Kier molecular flexibility index (Phi) is 5.81. The molecule has 1 aliphatic rings. The zero-order valence-corrected chi connectivity index (χ0v) is 16.5. The largest absolute Gasteiger partial charge is 0.378 e. The highest BCUT2D eigenvalue weighted by Gasteiger charge is 2.21. The van der Waals surface area contributed by atoms with Crippen LogP contribution < -0.4 is 5.32 Å². The van der Waals surface area contributed by atoms with Crippen LogP contribution in [-0.2, 0) is 11.2 Å². The number of anilines is 2. The van der Waals surface area contributed by atoms with E-state index in [1.165, 1.54) is 5.56 Å². The highest BCUT2D eigenvalue weighted by atomic mass is 16.5. The number of amides is 1. The first-order valence-electron chi connectivity index (χ1n) is 9.91. The number of hydrogen-bond acceptors (Lipinski definition) is 5. The van der Waals surface area contributed by atoms with Crippen molar-refractivity contribution in [2.75, 3.05) is 31.6 Å². The molecular weight excluding hydrogens is 364 g/mol. The lowest BCUT2D eigenvalue weighted by atomic mass is 10.1. The lowest BCUT2D eigenvalue weighted by Crippen LogP contribution is -2.41. The third kappa shape index (κ3) is 4.43. The molecular formula is C23H24N4O2. The number of ether oxygens (including phenoxy) is 1. The summed E-state index contributed by atoms with van der Waals surface area (Å²) < 4.78 is 5.37. The third-order valence-electron chi connectivity index (χ3n) is 4.94. The normalized spacial score (nSPS) is 13.9. The van der Waals surface area contributed by atoms with Crippen molar-refractivity contribution < 1.29 is 9.53 Å². The number of rotatable bonds is 5. The molecule has 0 atom stereocenters. The van der Waals surface area contributed by atoms with E-state index in [9.17, 15) is 4.79 Å². The smallest absolute Gasteiger partial charge is 0.272 e. The van der Waals surface area contributed by atoms with Crippen molar-refractivity contribution in [1.29, 1.82) is 0 Å². The van der Waals surface area contributed by atoms with Crippen LogP contribution in [0, 0.1) is 0 Å².